The lowest BCUT2D eigenvalue weighted by atomic mass is 10.0. The van der Waals surface area contributed by atoms with E-state index in [-0.39, 0.29) is 16.9 Å². The molecule has 1 heterocycles. The number of ether oxygens (including phenoxy) is 1. The molecule has 0 aliphatic carbocycles. The number of methoxy groups -OCH3 is 1. The summed E-state index contributed by atoms with van der Waals surface area (Å²) in [6.07, 6.45) is 1.97. The van der Waals surface area contributed by atoms with E-state index < -0.39 is 17.9 Å². The van der Waals surface area contributed by atoms with Crippen LogP contribution in [-0.2, 0) is 16.1 Å². The van der Waals surface area contributed by atoms with Crippen molar-refractivity contribution in [3.63, 3.8) is 0 Å². The van der Waals surface area contributed by atoms with Crippen molar-refractivity contribution in [2.45, 2.75) is 32.9 Å². The number of pyridine rings is 1. The number of halogens is 1. The second-order valence-electron chi connectivity index (χ2n) is 7.83. The van der Waals surface area contributed by atoms with E-state index in [1.165, 1.54) is 7.11 Å². The summed E-state index contributed by atoms with van der Waals surface area (Å²) in [6, 6.07) is 14.4. The first-order valence-corrected chi connectivity index (χ1v) is 10.8. The van der Waals surface area contributed by atoms with Crippen LogP contribution >= 0.6 is 15.9 Å². The molecule has 1 amide bonds. The molecule has 31 heavy (non-hydrogen) atoms. The van der Waals surface area contributed by atoms with Gasteiger partial charge in [0.05, 0.1) is 12.6 Å². The first kappa shape index (κ1) is 22.7. The van der Waals surface area contributed by atoms with Crippen molar-refractivity contribution in [1.29, 1.82) is 0 Å². The highest BCUT2D eigenvalue weighted by Gasteiger charge is 2.25. The molecule has 1 aromatic heterocycles. The first-order chi connectivity index (χ1) is 14.8. The maximum Gasteiger partial charge on any atom is 0.328 e. The number of carbonyl (C=O) groups is 2. The minimum absolute atomic E-state index is 0.0146. The summed E-state index contributed by atoms with van der Waals surface area (Å²) in [4.78, 5) is 38.4. The van der Waals surface area contributed by atoms with Crippen LogP contribution in [0.2, 0.25) is 0 Å². The van der Waals surface area contributed by atoms with Gasteiger partial charge in [-0.1, -0.05) is 60.1 Å². The Bertz CT molecular complexity index is 1160. The normalized spacial score (nSPS) is 12.0. The van der Waals surface area contributed by atoms with Crippen LogP contribution in [0.5, 0.6) is 0 Å². The Morgan fingerprint density at radius 3 is 2.48 bits per heavy atom. The molecule has 1 unspecified atom stereocenters. The highest BCUT2D eigenvalue weighted by molar-refractivity contribution is 9.10. The molecule has 0 bridgehead atoms. The van der Waals surface area contributed by atoms with E-state index in [2.05, 4.69) is 21.2 Å². The van der Waals surface area contributed by atoms with Crippen molar-refractivity contribution in [2.24, 2.45) is 5.92 Å². The van der Waals surface area contributed by atoms with Gasteiger partial charge in [0, 0.05) is 22.6 Å². The average molecular weight is 485 g/mol. The van der Waals surface area contributed by atoms with Crippen molar-refractivity contribution < 1.29 is 14.3 Å². The summed E-state index contributed by atoms with van der Waals surface area (Å²) >= 11 is 3.41. The van der Waals surface area contributed by atoms with Crippen LogP contribution in [-0.4, -0.2) is 29.6 Å². The standard InChI is InChI=1S/C24H25BrN2O4/c1-15(2)11-20(24(30)31-3)26-23(29)19-14-27(13-16-7-5-4-6-8-16)21-10-9-17(25)12-18(21)22(19)28/h4-10,12,14-15,20H,11,13H2,1-3H3,(H,26,29). The summed E-state index contributed by atoms with van der Waals surface area (Å²) in [7, 11) is 1.28. The fourth-order valence-electron chi connectivity index (χ4n) is 3.51. The van der Waals surface area contributed by atoms with Crippen molar-refractivity contribution in [1.82, 2.24) is 9.88 Å². The molecule has 3 aromatic rings. The number of carbonyl (C=O) groups excluding carboxylic acids is 2. The molecule has 0 aliphatic rings. The Hall–Kier alpha value is -2.93. The number of hydrogen-bond donors (Lipinski definition) is 1. The smallest absolute Gasteiger partial charge is 0.328 e. The Balaban J connectivity index is 2.06. The highest BCUT2D eigenvalue weighted by Crippen LogP contribution is 2.19. The molecule has 0 fully saturated rings. The van der Waals surface area contributed by atoms with Gasteiger partial charge in [-0.2, -0.15) is 0 Å². The van der Waals surface area contributed by atoms with E-state index in [4.69, 9.17) is 4.74 Å². The molecule has 162 valence electrons. The summed E-state index contributed by atoms with van der Waals surface area (Å²) in [5, 5.41) is 3.12. The van der Waals surface area contributed by atoms with Gasteiger partial charge in [-0.15, -0.1) is 0 Å². The average Bonchev–Trinajstić information content (AvgIpc) is 2.75. The minimum Gasteiger partial charge on any atom is -0.467 e. The van der Waals surface area contributed by atoms with Crippen molar-refractivity contribution in [3.05, 3.63) is 80.6 Å². The predicted octanol–water partition coefficient (Wildman–Crippen LogP) is 4.13. The topological polar surface area (TPSA) is 77.4 Å². The Labute approximate surface area is 189 Å². The van der Waals surface area contributed by atoms with Gasteiger partial charge in [-0.05, 0) is 36.1 Å². The third-order valence-electron chi connectivity index (χ3n) is 4.98. The molecule has 1 atom stereocenters. The minimum atomic E-state index is -0.822. The second kappa shape index (κ2) is 9.92. The van der Waals surface area contributed by atoms with E-state index in [1.807, 2.05) is 60.9 Å². The quantitative estimate of drug-likeness (QED) is 0.511. The van der Waals surface area contributed by atoms with Crippen LogP contribution < -0.4 is 10.7 Å². The molecule has 0 aliphatic heterocycles. The van der Waals surface area contributed by atoms with Gasteiger partial charge in [-0.3, -0.25) is 9.59 Å². The summed E-state index contributed by atoms with van der Waals surface area (Å²) in [5.41, 5.74) is 1.36. The van der Waals surface area contributed by atoms with Crippen molar-refractivity contribution in [3.8, 4) is 0 Å². The summed E-state index contributed by atoms with van der Waals surface area (Å²) < 4.78 is 7.45. The largest absolute Gasteiger partial charge is 0.467 e. The predicted molar refractivity (Wildman–Crippen MR) is 124 cm³/mol. The van der Waals surface area contributed by atoms with Crippen LogP contribution in [0.3, 0.4) is 0 Å². The van der Waals surface area contributed by atoms with Crippen molar-refractivity contribution in [2.75, 3.05) is 7.11 Å². The molecule has 6 nitrogen and oxygen atoms in total. The molecule has 0 saturated carbocycles. The molecule has 0 radical (unpaired) electrons. The summed E-state index contributed by atoms with van der Waals surface area (Å²) in [6.45, 7) is 4.39. The van der Waals surface area contributed by atoms with E-state index >= 15 is 0 Å². The number of nitrogens with one attached hydrogen (secondary N) is 1. The molecule has 1 N–H and O–H groups in total. The third-order valence-corrected chi connectivity index (χ3v) is 5.47. The highest BCUT2D eigenvalue weighted by atomic mass is 79.9. The van der Waals surface area contributed by atoms with Crippen molar-refractivity contribution >= 4 is 38.7 Å². The first-order valence-electron chi connectivity index (χ1n) is 10.1. The number of hydrogen-bond acceptors (Lipinski definition) is 4. The molecule has 3 rings (SSSR count). The fourth-order valence-corrected chi connectivity index (χ4v) is 3.87. The summed E-state index contributed by atoms with van der Waals surface area (Å²) in [5.74, 6) is -0.966. The van der Waals surface area contributed by atoms with Crippen LogP contribution in [0.1, 0.15) is 36.2 Å². The molecular weight excluding hydrogens is 460 g/mol. The van der Waals surface area contributed by atoms with E-state index in [1.54, 1.807) is 12.3 Å². The van der Waals surface area contributed by atoms with Crippen LogP contribution in [0, 0.1) is 5.92 Å². The number of benzene rings is 2. The number of nitrogens with zero attached hydrogens (tertiary/aromatic N) is 1. The molecular formula is C24H25BrN2O4. The lowest BCUT2D eigenvalue weighted by Crippen LogP contribution is -2.43. The molecule has 0 saturated heterocycles. The zero-order valence-corrected chi connectivity index (χ0v) is 19.3. The second-order valence-corrected chi connectivity index (χ2v) is 8.74. The van der Waals surface area contributed by atoms with Crippen LogP contribution in [0.15, 0.2) is 64.0 Å². The monoisotopic (exact) mass is 484 g/mol. The SMILES string of the molecule is COC(=O)C(CC(C)C)NC(=O)c1cn(Cc2ccccc2)c2ccc(Br)cc2c1=O. The fraction of sp³-hybridized carbons (Fsp3) is 0.292. The van der Waals surface area contributed by atoms with Gasteiger partial charge in [-0.25, -0.2) is 4.79 Å². The maximum absolute atomic E-state index is 13.2. The van der Waals surface area contributed by atoms with Gasteiger partial charge < -0.3 is 14.6 Å². The number of fused-ring (bicyclic) bond motifs is 1. The van der Waals surface area contributed by atoms with Gasteiger partial charge in [0.15, 0.2) is 0 Å². The van der Waals surface area contributed by atoms with E-state index in [0.29, 0.717) is 18.4 Å². The van der Waals surface area contributed by atoms with Gasteiger partial charge in [0.2, 0.25) is 5.43 Å². The zero-order chi connectivity index (χ0) is 22.5. The Kier molecular flexibility index (Phi) is 7.28. The maximum atomic E-state index is 13.2. The number of aromatic nitrogens is 1. The third kappa shape index (κ3) is 5.41. The van der Waals surface area contributed by atoms with Gasteiger partial charge in [0.1, 0.15) is 11.6 Å². The Morgan fingerprint density at radius 1 is 1.13 bits per heavy atom. The number of rotatable bonds is 7. The van der Waals surface area contributed by atoms with Crippen LogP contribution in [0.25, 0.3) is 10.9 Å². The van der Waals surface area contributed by atoms with Gasteiger partial charge >= 0.3 is 5.97 Å². The molecule has 7 heteroatoms. The number of esters is 1. The van der Waals surface area contributed by atoms with Crippen LogP contribution in [0.4, 0.5) is 0 Å². The molecule has 2 aromatic carbocycles. The van der Waals surface area contributed by atoms with Gasteiger partial charge in [0.25, 0.3) is 5.91 Å². The number of amides is 1. The van der Waals surface area contributed by atoms with E-state index in [9.17, 15) is 14.4 Å². The molecule has 0 spiro atoms. The Morgan fingerprint density at radius 2 is 1.84 bits per heavy atom. The lowest BCUT2D eigenvalue weighted by molar-refractivity contribution is -0.143. The lowest BCUT2D eigenvalue weighted by Gasteiger charge is -2.19. The van der Waals surface area contributed by atoms with E-state index in [0.717, 1.165) is 15.6 Å². The zero-order valence-electron chi connectivity index (χ0n) is 17.7.